The second-order valence-electron chi connectivity index (χ2n) is 2.61. The van der Waals surface area contributed by atoms with Gasteiger partial charge in [0.05, 0.1) is 5.69 Å². The SMILES string of the molecule is COn1ccc2cccc(N)c21. The fraction of sp³-hybridized carbons (Fsp3) is 0.111. The van der Waals surface area contributed by atoms with Gasteiger partial charge in [0.15, 0.2) is 0 Å². The van der Waals surface area contributed by atoms with Gasteiger partial charge in [-0.2, -0.15) is 4.73 Å². The number of aromatic nitrogens is 1. The molecule has 1 aromatic heterocycles. The lowest BCUT2D eigenvalue weighted by atomic mass is 10.2. The predicted molar refractivity (Wildman–Crippen MR) is 48.9 cm³/mol. The summed E-state index contributed by atoms with van der Waals surface area (Å²) in [5.41, 5.74) is 7.44. The van der Waals surface area contributed by atoms with Crippen LogP contribution in [0.3, 0.4) is 0 Å². The Labute approximate surface area is 70.3 Å². The molecular formula is C9H10N2O. The average molecular weight is 162 g/mol. The van der Waals surface area contributed by atoms with Crippen LogP contribution in [0.2, 0.25) is 0 Å². The van der Waals surface area contributed by atoms with Gasteiger partial charge in [-0.15, -0.1) is 0 Å². The van der Waals surface area contributed by atoms with E-state index < -0.39 is 0 Å². The van der Waals surface area contributed by atoms with Crippen molar-refractivity contribution >= 4 is 16.6 Å². The zero-order valence-electron chi connectivity index (χ0n) is 6.82. The van der Waals surface area contributed by atoms with Crippen molar-refractivity contribution in [3.63, 3.8) is 0 Å². The van der Waals surface area contributed by atoms with Gasteiger partial charge in [-0.3, -0.25) is 0 Å². The summed E-state index contributed by atoms with van der Waals surface area (Å²) < 4.78 is 1.66. The predicted octanol–water partition coefficient (Wildman–Crippen LogP) is 1.28. The Bertz CT molecular complexity index is 406. The monoisotopic (exact) mass is 162 g/mol. The molecule has 0 aliphatic carbocycles. The smallest absolute Gasteiger partial charge is 0.110 e. The normalized spacial score (nSPS) is 10.4. The largest absolute Gasteiger partial charge is 0.417 e. The van der Waals surface area contributed by atoms with Crippen molar-refractivity contribution in [2.75, 3.05) is 12.8 Å². The summed E-state index contributed by atoms with van der Waals surface area (Å²) in [7, 11) is 1.62. The number of para-hydroxylation sites is 1. The molecule has 0 fully saturated rings. The van der Waals surface area contributed by atoms with E-state index in [0.717, 1.165) is 16.6 Å². The van der Waals surface area contributed by atoms with E-state index in [9.17, 15) is 0 Å². The third kappa shape index (κ3) is 0.830. The maximum Gasteiger partial charge on any atom is 0.110 e. The summed E-state index contributed by atoms with van der Waals surface area (Å²) >= 11 is 0. The first-order valence-electron chi connectivity index (χ1n) is 3.73. The number of benzene rings is 1. The third-order valence-electron chi connectivity index (χ3n) is 1.91. The molecule has 12 heavy (non-hydrogen) atoms. The van der Waals surface area contributed by atoms with E-state index in [-0.39, 0.29) is 0 Å². The number of nitrogen functional groups attached to an aromatic ring is 1. The van der Waals surface area contributed by atoms with Crippen LogP contribution in [0, 0.1) is 0 Å². The van der Waals surface area contributed by atoms with Crippen LogP contribution in [0.15, 0.2) is 30.5 Å². The van der Waals surface area contributed by atoms with Crippen molar-refractivity contribution in [3.8, 4) is 0 Å². The molecule has 62 valence electrons. The fourth-order valence-electron chi connectivity index (χ4n) is 1.34. The van der Waals surface area contributed by atoms with Gasteiger partial charge in [0, 0.05) is 11.6 Å². The zero-order valence-corrected chi connectivity index (χ0v) is 6.82. The van der Waals surface area contributed by atoms with Gasteiger partial charge >= 0.3 is 0 Å². The number of nitrogens with two attached hydrogens (primary N) is 1. The third-order valence-corrected chi connectivity index (χ3v) is 1.91. The molecule has 2 aromatic rings. The van der Waals surface area contributed by atoms with Crippen molar-refractivity contribution in [2.24, 2.45) is 0 Å². The number of hydrogen-bond acceptors (Lipinski definition) is 2. The molecular weight excluding hydrogens is 152 g/mol. The van der Waals surface area contributed by atoms with Crippen LogP contribution in [-0.4, -0.2) is 11.8 Å². The quantitative estimate of drug-likeness (QED) is 0.642. The first-order valence-corrected chi connectivity index (χ1v) is 3.73. The van der Waals surface area contributed by atoms with Crippen LogP contribution in [0.4, 0.5) is 5.69 Å². The molecule has 1 aromatic carbocycles. The molecule has 2 rings (SSSR count). The summed E-state index contributed by atoms with van der Waals surface area (Å²) in [5.74, 6) is 0. The molecule has 0 bridgehead atoms. The summed E-state index contributed by atoms with van der Waals surface area (Å²) in [6.45, 7) is 0. The second kappa shape index (κ2) is 2.44. The van der Waals surface area contributed by atoms with Gasteiger partial charge in [0.1, 0.15) is 12.6 Å². The minimum Gasteiger partial charge on any atom is -0.417 e. The highest BCUT2D eigenvalue weighted by atomic mass is 16.6. The molecule has 0 amide bonds. The van der Waals surface area contributed by atoms with Gasteiger partial charge in [-0.05, 0) is 12.1 Å². The molecule has 3 heteroatoms. The van der Waals surface area contributed by atoms with E-state index in [1.807, 2.05) is 30.5 Å². The second-order valence-corrected chi connectivity index (χ2v) is 2.61. The Morgan fingerprint density at radius 2 is 2.17 bits per heavy atom. The molecule has 0 radical (unpaired) electrons. The van der Waals surface area contributed by atoms with E-state index in [1.54, 1.807) is 11.8 Å². The summed E-state index contributed by atoms with van der Waals surface area (Å²) in [5, 5.41) is 1.09. The molecule has 0 saturated carbocycles. The number of rotatable bonds is 1. The maximum absolute atomic E-state index is 5.78. The lowest BCUT2D eigenvalue weighted by molar-refractivity contribution is 0.179. The molecule has 0 atom stereocenters. The zero-order chi connectivity index (χ0) is 8.55. The standard InChI is InChI=1S/C9H10N2O/c1-12-11-6-5-7-3-2-4-8(10)9(7)11/h2-6H,10H2,1H3. The number of nitrogens with zero attached hydrogens (tertiary/aromatic N) is 1. The summed E-state index contributed by atoms with van der Waals surface area (Å²) in [6.07, 6.45) is 1.85. The average Bonchev–Trinajstić information content (AvgIpc) is 2.49. The van der Waals surface area contributed by atoms with Gasteiger partial charge in [0.2, 0.25) is 0 Å². The van der Waals surface area contributed by atoms with E-state index >= 15 is 0 Å². The van der Waals surface area contributed by atoms with Crippen LogP contribution in [0.25, 0.3) is 10.9 Å². The van der Waals surface area contributed by atoms with Gasteiger partial charge in [0.25, 0.3) is 0 Å². The Morgan fingerprint density at radius 3 is 2.92 bits per heavy atom. The minimum atomic E-state index is 0.736. The molecule has 0 spiro atoms. The summed E-state index contributed by atoms with van der Waals surface area (Å²) in [4.78, 5) is 5.08. The Kier molecular flexibility index (Phi) is 1.43. The minimum absolute atomic E-state index is 0.736. The van der Waals surface area contributed by atoms with Crippen molar-refractivity contribution in [1.82, 2.24) is 4.73 Å². The van der Waals surface area contributed by atoms with Crippen LogP contribution in [0.1, 0.15) is 0 Å². The Hall–Kier alpha value is -1.64. The van der Waals surface area contributed by atoms with Gasteiger partial charge in [-0.1, -0.05) is 12.1 Å². The lowest BCUT2D eigenvalue weighted by Crippen LogP contribution is -2.04. The van der Waals surface area contributed by atoms with Crippen molar-refractivity contribution in [3.05, 3.63) is 30.5 Å². The molecule has 3 nitrogen and oxygen atoms in total. The van der Waals surface area contributed by atoms with Gasteiger partial charge < -0.3 is 10.6 Å². The molecule has 0 aliphatic heterocycles. The first-order chi connectivity index (χ1) is 5.83. The van der Waals surface area contributed by atoms with E-state index in [2.05, 4.69) is 0 Å². The number of anilines is 1. The summed E-state index contributed by atoms with van der Waals surface area (Å²) in [6, 6.07) is 7.76. The Morgan fingerprint density at radius 1 is 1.33 bits per heavy atom. The van der Waals surface area contributed by atoms with E-state index in [4.69, 9.17) is 10.6 Å². The van der Waals surface area contributed by atoms with Crippen LogP contribution >= 0.6 is 0 Å². The highest BCUT2D eigenvalue weighted by Gasteiger charge is 2.02. The lowest BCUT2D eigenvalue weighted by Gasteiger charge is -2.03. The van der Waals surface area contributed by atoms with Crippen LogP contribution < -0.4 is 10.6 Å². The van der Waals surface area contributed by atoms with Gasteiger partial charge in [-0.25, -0.2) is 0 Å². The number of hydrogen-bond donors (Lipinski definition) is 1. The Balaban J connectivity index is 2.83. The molecule has 0 saturated heterocycles. The van der Waals surface area contributed by atoms with Crippen molar-refractivity contribution in [2.45, 2.75) is 0 Å². The highest BCUT2D eigenvalue weighted by Crippen LogP contribution is 2.20. The van der Waals surface area contributed by atoms with Crippen LogP contribution in [0.5, 0.6) is 0 Å². The van der Waals surface area contributed by atoms with E-state index in [1.165, 1.54) is 0 Å². The highest BCUT2D eigenvalue weighted by molar-refractivity contribution is 5.90. The molecule has 1 heterocycles. The fourth-order valence-corrected chi connectivity index (χ4v) is 1.34. The van der Waals surface area contributed by atoms with Crippen molar-refractivity contribution in [1.29, 1.82) is 0 Å². The molecule has 0 aliphatic rings. The van der Waals surface area contributed by atoms with Crippen molar-refractivity contribution < 1.29 is 4.84 Å². The van der Waals surface area contributed by atoms with E-state index in [0.29, 0.717) is 0 Å². The first kappa shape index (κ1) is 7.03. The molecule has 2 N–H and O–H groups in total. The molecule has 0 unspecified atom stereocenters. The number of fused-ring (bicyclic) bond motifs is 1. The van der Waals surface area contributed by atoms with Crippen LogP contribution in [-0.2, 0) is 0 Å². The maximum atomic E-state index is 5.78. The topological polar surface area (TPSA) is 40.2 Å².